The Morgan fingerprint density at radius 1 is 0.889 bits per heavy atom. The molecular weight excluding hydrogens is 464 g/mol. The topological polar surface area (TPSA) is 136 Å². The van der Waals surface area contributed by atoms with Crippen molar-refractivity contribution in [1.29, 1.82) is 0 Å². The number of hydrogen-bond donors (Lipinski definition) is 3. The monoisotopic (exact) mass is 498 g/mol. The van der Waals surface area contributed by atoms with Crippen LogP contribution in [0, 0.1) is 0 Å². The third kappa shape index (κ3) is 11.5. The predicted molar refractivity (Wildman–Crippen MR) is 133 cm³/mol. The molecule has 2 rings (SSSR count). The minimum absolute atomic E-state index is 0.164. The lowest BCUT2D eigenvalue weighted by Gasteiger charge is -2.18. The second-order valence-corrected chi connectivity index (χ2v) is 8.05. The maximum absolute atomic E-state index is 12.8. The second-order valence-electron chi connectivity index (χ2n) is 8.05. The molecule has 2 aromatic rings. The Bertz CT molecular complexity index is 955. The molecule has 3 N–H and O–H groups in total. The van der Waals surface area contributed by atoms with Crippen molar-refractivity contribution in [2.45, 2.75) is 51.2 Å². The zero-order valence-corrected chi connectivity index (χ0v) is 20.5. The smallest absolute Gasteiger partial charge is 0.407 e. The summed E-state index contributed by atoms with van der Waals surface area (Å²) in [5.41, 5.74) is 1.09. The summed E-state index contributed by atoms with van der Waals surface area (Å²) >= 11 is 0. The molecule has 36 heavy (non-hydrogen) atoms. The van der Waals surface area contributed by atoms with E-state index in [2.05, 4.69) is 25.7 Å². The number of aromatic nitrogens is 1. The van der Waals surface area contributed by atoms with Crippen LogP contribution >= 0.6 is 0 Å². The van der Waals surface area contributed by atoms with Crippen LogP contribution in [0.3, 0.4) is 0 Å². The van der Waals surface area contributed by atoms with Gasteiger partial charge in [0.05, 0.1) is 7.11 Å². The number of nitrogens with one attached hydrogen (secondary N) is 3. The maximum atomic E-state index is 12.8. The second kappa shape index (κ2) is 16.6. The summed E-state index contributed by atoms with van der Waals surface area (Å²) in [5, 5.41) is 8.21. The van der Waals surface area contributed by atoms with Crippen LogP contribution in [0.25, 0.3) is 0 Å². The molecular formula is C26H34N4O6. The van der Waals surface area contributed by atoms with Gasteiger partial charge in [0.2, 0.25) is 5.91 Å². The average molecular weight is 499 g/mol. The first kappa shape index (κ1) is 28.3. The number of nitrogens with zero attached hydrogens (tertiary/aromatic N) is 1. The van der Waals surface area contributed by atoms with Crippen molar-refractivity contribution in [2.75, 3.05) is 20.2 Å². The SMILES string of the molecule is COC(=O)CCCCCNC(=O)[C@H](CCCNC(=O)OCc1ccccc1)NC(=O)c1ccccn1. The number of benzene rings is 1. The van der Waals surface area contributed by atoms with E-state index in [1.807, 2.05) is 30.3 Å². The highest BCUT2D eigenvalue weighted by molar-refractivity contribution is 5.96. The van der Waals surface area contributed by atoms with Crippen molar-refractivity contribution in [3.63, 3.8) is 0 Å². The van der Waals surface area contributed by atoms with E-state index in [0.29, 0.717) is 38.6 Å². The van der Waals surface area contributed by atoms with E-state index >= 15 is 0 Å². The van der Waals surface area contributed by atoms with Gasteiger partial charge in [-0.15, -0.1) is 0 Å². The quantitative estimate of drug-likeness (QED) is 0.254. The maximum Gasteiger partial charge on any atom is 0.407 e. The summed E-state index contributed by atoms with van der Waals surface area (Å²) in [5.74, 6) is -1.03. The predicted octanol–water partition coefficient (Wildman–Crippen LogP) is 2.74. The third-order valence-electron chi connectivity index (χ3n) is 5.26. The van der Waals surface area contributed by atoms with Crippen LogP contribution < -0.4 is 16.0 Å². The highest BCUT2D eigenvalue weighted by Crippen LogP contribution is 2.04. The lowest BCUT2D eigenvalue weighted by Crippen LogP contribution is -2.47. The van der Waals surface area contributed by atoms with Gasteiger partial charge in [-0.1, -0.05) is 42.8 Å². The number of unbranched alkanes of at least 4 members (excludes halogenated alkanes) is 2. The number of carbonyl (C=O) groups excluding carboxylic acids is 4. The third-order valence-corrected chi connectivity index (χ3v) is 5.26. The summed E-state index contributed by atoms with van der Waals surface area (Å²) in [6.07, 6.45) is 4.18. The molecule has 0 saturated carbocycles. The Morgan fingerprint density at radius 3 is 2.36 bits per heavy atom. The van der Waals surface area contributed by atoms with E-state index in [0.717, 1.165) is 12.0 Å². The van der Waals surface area contributed by atoms with Crippen molar-refractivity contribution in [2.24, 2.45) is 0 Å². The molecule has 1 heterocycles. The van der Waals surface area contributed by atoms with E-state index in [9.17, 15) is 19.2 Å². The van der Waals surface area contributed by atoms with E-state index in [-0.39, 0.29) is 30.7 Å². The molecule has 0 radical (unpaired) electrons. The summed E-state index contributed by atoms with van der Waals surface area (Å²) < 4.78 is 9.78. The normalized spacial score (nSPS) is 11.1. The zero-order valence-electron chi connectivity index (χ0n) is 20.5. The van der Waals surface area contributed by atoms with Crippen molar-refractivity contribution in [3.05, 3.63) is 66.0 Å². The van der Waals surface area contributed by atoms with Gasteiger partial charge in [-0.05, 0) is 43.4 Å². The summed E-state index contributed by atoms with van der Waals surface area (Å²) in [6, 6.07) is 13.5. The van der Waals surface area contributed by atoms with Crippen molar-refractivity contribution >= 4 is 23.9 Å². The van der Waals surface area contributed by atoms with Gasteiger partial charge < -0.3 is 25.4 Å². The van der Waals surface area contributed by atoms with Crippen molar-refractivity contribution in [3.8, 4) is 0 Å². The molecule has 194 valence electrons. The minimum atomic E-state index is -0.795. The molecule has 0 bridgehead atoms. The first-order chi connectivity index (χ1) is 17.5. The molecule has 10 heteroatoms. The molecule has 0 unspecified atom stereocenters. The van der Waals surface area contributed by atoms with Gasteiger partial charge in [0, 0.05) is 25.7 Å². The standard InChI is InChI=1S/C26H34N4O6/c1-35-23(31)15-6-3-8-17-28-24(32)22(30-25(33)21-13-7-9-16-27-21)14-10-18-29-26(34)36-19-20-11-4-2-5-12-20/h2,4-5,7,9,11-13,16,22H,3,6,8,10,14-15,17-19H2,1H3,(H,28,32)(H,29,34)(H,30,33)/t22-/m0/s1. The Balaban J connectivity index is 1.77. The van der Waals surface area contributed by atoms with Crippen LogP contribution in [0.15, 0.2) is 54.7 Å². The van der Waals surface area contributed by atoms with Crippen LogP contribution in [0.2, 0.25) is 0 Å². The van der Waals surface area contributed by atoms with Gasteiger partial charge in [0.1, 0.15) is 18.3 Å². The van der Waals surface area contributed by atoms with Gasteiger partial charge in [0.25, 0.3) is 5.91 Å². The van der Waals surface area contributed by atoms with Gasteiger partial charge >= 0.3 is 12.1 Å². The number of methoxy groups -OCH3 is 1. The first-order valence-electron chi connectivity index (χ1n) is 12.0. The van der Waals surface area contributed by atoms with E-state index in [1.54, 1.807) is 18.2 Å². The van der Waals surface area contributed by atoms with Crippen LogP contribution in [-0.4, -0.2) is 55.1 Å². The Kier molecular flexibility index (Phi) is 13.1. The number of hydrogen-bond acceptors (Lipinski definition) is 7. The average Bonchev–Trinajstić information content (AvgIpc) is 2.91. The summed E-state index contributed by atoms with van der Waals surface area (Å²) in [4.78, 5) is 52.4. The molecule has 0 fully saturated rings. The molecule has 1 aromatic carbocycles. The Hall–Kier alpha value is -3.95. The molecule has 1 atom stereocenters. The molecule has 0 aliphatic heterocycles. The number of esters is 1. The molecule has 0 saturated heterocycles. The fourth-order valence-corrected chi connectivity index (χ4v) is 3.28. The molecule has 3 amide bonds. The number of pyridine rings is 1. The van der Waals surface area contributed by atoms with Crippen LogP contribution in [-0.2, 0) is 25.7 Å². The molecule has 0 aliphatic rings. The first-order valence-corrected chi connectivity index (χ1v) is 12.0. The van der Waals surface area contributed by atoms with E-state index < -0.39 is 18.0 Å². The molecule has 0 spiro atoms. The van der Waals surface area contributed by atoms with E-state index in [4.69, 9.17) is 4.74 Å². The summed E-state index contributed by atoms with van der Waals surface area (Å²) in [7, 11) is 1.35. The van der Waals surface area contributed by atoms with Gasteiger partial charge in [-0.25, -0.2) is 4.79 Å². The largest absolute Gasteiger partial charge is 0.469 e. The highest BCUT2D eigenvalue weighted by Gasteiger charge is 2.21. The van der Waals surface area contributed by atoms with Crippen LogP contribution in [0.4, 0.5) is 4.79 Å². The van der Waals surface area contributed by atoms with Crippen molar-refractivity contribution < 1.29 is 28.7 Å². The minimum Gasteiger partial charge on any atom is -0.469 e. The number of alkyl carbamates (subject to hydrolysis) is 1. The number of amides is 3. The van der Waals surface area contributed by atoms with Crippen molar-refractivity contribution in [1.82, 2.24) is 20.9 Å². The number of carbonyl (C=O) groups is 4. The highest BCUT2D eigenvalue weighted by atomic mass is 16.5. The molecule has 0 aliphatic carbocycles. The lowest BCUT2D eigenvalue weighted by molar-refractivity contribution is -0.140. The fraction of sp³-hybridized carbons (Fsp3) is 0.423. The Labute approximate surface area is 211 Å². The number of ether oxygens (including phenoxy) is 2. The lowest BCUT2D eigenvalue weighted by atomic mass is 10.1. The Morgan fingerprint density at radius 2 is 1.64 bits per heavy atom. The summed E-state index contributed by atoms with van der Waals surface area (Å²) in [6.45, 7) is 0.863. The van der Waals surface area contributed by atoms with Gasteiger partial charge in [-0.3, -0.25) is 19.4 Å². The fourth-order valence-electron chi connectivity index (χ4n) is 3.28. The van der Waals surface area contributed by atoms with Crippen LogP contribution in [0.5, 0.6) is 0 Å². The molecule has 10 nitrogen and oxygen atoms in total. The number of rotatable bonds is 15. The zero-order chi connectivity index (χ0) is 26.0. The molecule has 1 aromatic heterocycles. The van der Waals surface area contributed by atoms with Gasteiger partial charge in [0.15, 0.2) is 0 Å². The van der Waals surface area contributed by atoms with Gasteiger partial charge in [-0.2, -0.15) is 0 Å². The van der Waals surface area contributed by atoms with Crippen LogP contribution in [0.1, 0.15) is 54.6 Å². The van der Waals surface area contributed by atoms with E-state index in [1.165, 1.54) is 13.3 Å².